The van der Waals surface area contributed by atoms with Crippen LogP contribution < -0.4 is 0 Å². The van der Waals surface area contributed by atoms with Crippen LogP contribution in [0.5, 0.6) is 0 Å². The Labute approximate surface area is 189 Å². The minimum absolute atomic E-state index is 0.0681. The van der Waals surface area contributed by atoms with Crippen molar-refractivity contribution in [1.82, 2.24) is 0 Å². The summed E-state index contributed by atoms with van der Waals surface area (Å²) in [6, 6.07) is 20.3. The van der Waals surface area contributed by atoms with Gasteiger partial charge in [0.1, 0.15) is 0 Å². The van der Waals surface area contributed by atoms with E-state index in [1.54, 1.807) is 30.3 Å². The van der Waals surface area contributed by atoms with Gasteiger partial charge in [-0.05, 0) is 72.3 Å². The lowest BCUT2D eigenvalue weighted by Crippen LogP contribution is -2.01. The maximum absolute atomic E-state index is 13.1. The van der Waals surface area contributed by atoms with Crippen molar-refractivity contribution in [3.8, 4) is 0 Å². The molecule has 136 valence electrons. The molecule has 0 saturated carbocycles. The molecule has 0 aliphatic rings. The van der Waals surface area contributed by atoms with Gasteiger partial charge in [0.2, 0.25) is 0 Å². The van der Waals surface area contributed by atoms with E-state index in [2.05, 4.69) is 31.9 Å². The Morgan fingerprint density at radius 2 is 1.44 bits per heavy atom. The van der Waals surface area contributed by atoms with Crippen molar-refractivity contribution in [3.63, 3.8) is 0 Å². The van der Waals surface area contributed by atoms with Gasteiger partial charge in [0.15, 0.2) is 5.78 Å². The van der Waals surface area contributed by atoms with Crippen LogP contribution in [-0.4, -0.2) is 5.78 Å². The zero-order valence-corrected chi connectivity index (χ0v) is 19.3. The zero-order chi connectivity index (χ0) is 19.4. The standard InChI is InChI=1S/C21H12Br2Cl2OS/c22-15-4-1-13(2-5-15)21(26)20(27-18-9-6-16(23)7-10-18)11-14-3-8-17(24)12-19(14)25/h1-12H/b20-11+. The summed E-state index contributed by atoms with van der Waals surface area (Å²) < 4.78 is 1.91. The molecule has 0 fully saturated rings. The van der Waals surface area contributed by atoms with E-state index in [1.165, 1.54) is 11.8 Å². The third-order valence-corrected chi connectivity index (χ3v) is 6.27. The number of rotatable bonds is 5. The maximum Gasteiger partial charge on any atom is 0.199 e. The van der Waals surface area contributed by atoms with E-state index in [-0.39, 0.29) is 5.78 Å². The maximum atomic E-state index is 13.1. The van der Waals surface area contributed by atoms with E-state index in [0.29, 0.717) is 20.5 Å². The number of carbonyl (C=O) groups excluding carboxylic acids is 1. The summed E-state index contributed by atoms with van der Waals surface area (Å²) in [5, 5.41) is 1.05. The first kappa shape index (κ1) is 20.7. The van der Waals surface area contributed by atoms with Gasteiger partial charge in [-0.2, -0.15) is 0 Å². The van der Waals surface area contributed by atoms with Gasteiger partial charge in [-0.1, -0.05) is 72.9 Å². The number of hydrogen-bond acceptors (Lipinski definition) is 2. The number of allylic oxidation sites excluding steroid dienone is 1. The molecule has 0 aliphatic carbocycles. The monoisotopic (exact) mass is 540 g/mol. The van der Waals surface area contributed by atoms with E-state index in [4.69, 9.17) is 23.2 Å². The molecule has 27 heavy (non-hydrogen) atoms. The topological polar surface area (TPSA) is 17.1 Å². The van der Waals surface area contributed by atoms with Crippen LogP contribution in [0.1, 0.15) is 15.9 Å². The molecule has 3 aromatic carbocycles. The van der Waals surface area contributed by atoms with Crippen molar-refractivity contribution < 1.29 is 4.79 Å². The van der Waals surface area contributed by atoms with Crippen molar-refractivity contribution in [2.24, 2.45) is 0 Å². The van der Waals surface area contributed by atoms with Crippen molar-refractivity contribution in [2.45, 2.75) is 4.90 Å². The summed E-state index contributed by atoms with van der Waals surface area (Å²) in [6.07, 6.45) is 1.80. The summed E-state index contributed by atoms with van der Waals surface area (Å²) >= 11 is 20.5. The number of Topliss-reactive ketones (excluding diaryl/α,β-unsaturated/α-hetero) is 1. The Kier molecular flexibility index (Phi) is 7.23. The summed E-state index contributed by atoms with van der Waals surface area (Å²) in [7, 11) is 0. The van der Waals surface area contributed by atoms with Crippen LogP contribution in [0, 0.1) is 0 Å². The molecule has 0 unspecified atom stereocenters. The molecule has 0 radical (unpaired) electrons. The van der Waals surface area contributed by atoms with E-state index in [0.717, 1.165) is 19.4 Å². The van der Waals surface area contributed by atoms with Crippen LogP contribution in [-0.2, 0) is 0 Å². The molecule has 0 amide bonds. The Balaban J connectivity index is 2.01. The average molecular weight is 543 g/mol. The van der Waals surface area contributed by atoms with Gasteiger partial charge < -0.3 is 0 Å². The molecule has 1 nitrogen and oxygen atoms in total. The van der Waals surface area contributed by atoms with Crippen molar-refractivity contribution >= 4 is 78.7 Å². The van der Waals surface area contributed by atoms with Gasteiger partial charge in [-0.15, -0.1) is 0 Å². The second-order valence-corrected chi connectivity index (χ2v) is 9.36. The Hall–Kier alpha value is -1.04. The van der Waals surface area contributed by atoms with Gasteiger partial charge in [0.05, 0.1) is 4.91 Å². The summed E-state index contributed by atoms with van der Waals surface area (Å²) in [5.74, 6) is -0.0681. The molecule has 3 rings (SSSR count). The highest BCUT2D eigenvalue weighted by Crippen LogP contribution is 2.33. The molecule has 0 aromatic heterocycles. The lowest BCUT2D eigenvalue weighted by atomic mass is 10.1. The fraction of sp³-hybridized carbons (Fsp3) is 0. The minimum Gasteiger partial charge on any atom is -0.288 e. The quantitative estimate of drug-likeness (QED) is 0.182. The van der Waals surface area contributed by atoms with Crippen LogP contribution in [0.25, 0.3) is 6.08 Å². The van der Waals surface area contributed by atoms with Crippen LogP contribution in [0.15, 0.2) is 85.5 Å². The highest BCUT2D eigenvalue weighted by Gasteiger charge is 2.15. The van der Waals surface area contributed by atoms with Gasteiger partial charge in [0.25, 0.3) is 0 Å². The molecular formula is C21H12Br2Cl2OS. The first-order valence-corrected chi connectivity index (χ1v) is 11.0. The highest BCUT2D eigenvalue weighted by atomic mass is 79.9. The van der Waals surface area contributed by atoms with Crippen LogP contribution in [0.3, 0.4) is 0 Å². The molecule has 0 saturated heterocycles. The van der Waals surface area contributed by atoms with Gasteiger partial charge >= 0.3 is 0 Å². The SMILES string of the molecule is O=C(/C(=C\c1ccc(Cl)cc1Cl)Sc1ccc(Br)cc1)c1ccc(Br)cc1. The van der Waals surface area contributed by atoms with Crippen LogP contribution >= 0.6 is 66.8 Å². The lowest BCUT2D eigenvalue weighted by Gasteiger charge is -2.09. The number of ketones is 1. The number of benzene rings is 3. The Bertz CT molecular complexity index is 1000. The van der Waals surface area contributed by atoms with E-state index >= 15 is 0 Å². The number of carbonyl (C=O) groups is 1. The van der Waals surface area contributed by atoms with Crippen molar-refractivity contribution in [2.75, 3.05) is 0 Å². The zero-order valence-electron chi connectivity index (χ0n) is 13.8. The fourth-order valence-corrected chi connectivity index (χ4v) is 4.19. The number of halogens is 4. The molecule has 3 aromatic rings. The largest absolute Gasteiger partial charge is 0.288 e. The van der Waals surface area contributed by atoms with Crippen LogP contribution in [0.4, 0.5) is 0 Å². The van der Waals surface area contributed by atoms with Crippen LogP contribution in [0.2, 0.25) is 10.0 Å². The highest BCUT2D eigenvalue weighted by molar-refractivity contribution is 9.10. The summed E-state index contributed by atoms with van der Waals surface area (Å²) in [4.78, 5) is 14.7. The second-order valence-electron chi connectivity index (χ2n) is 5.57. The Morgan fingerprint density at radius 1 is 0.852 bits per heavy atom. The molecule has 0 spiro atoms. The minimum atomic E-state index is -0.0681. The summed E-state index contributed by atoms with van der Waals surface area (Å²) in [5.41, 5.74) is 1.35. The second kappa shape index (κ2) is 9.44. The number of hydrogen-bond donors (Lipinski definition) is 0. The first-order chi connectivity index (χ1) is 12.9. The summed E-state index contributed by atoms with van der Waals surface area (Å²) in [6.45, 7) is 0. The van der Waals surface area contributed by atoms with Gasteiger partial charge in [0, 0.05) is 29.4 Å². The van der Waals surface area contributed by atoms with E-state index in [9.17, 15) is 4.79 Å². The smallest absolute Gasteiger partial charge is 0.199 e. The molecule has 6 heteroatoms. The number of thioether (sulfide) groups is 1. The fourth-order valence-electron chi connectivity index (χ4n) is 2.27. The van der Waals surface area contributed by atoms with Crippen molar-refractivity contribution in [3.05, 3.63) is 102 Å². The van der Waals surface area contributed by atoms with Gasteiger partial charge in [-0.25, -0.2) is 0 Å². The molecule has 0 aliphatic heterocycles. The third kappa shape index (κ3) is 5.72. The molecule has 0 bridgehead atoms. The normalized spacial score (nSPS) is 11.5. The van der Waals surface area contributed by atoms with E-state index < -0.39 is 0 Å². The van der Waals surface area contributed by atoms with Crippen molar-refractivity contribution in [1.29, 1.82) is 0 Å². The third-order valence-electron chi connectivity index (χ3n) is 3.62. The molecule has 0 heterocycles. The van der Waals surface area contributed by atoms with E-state index in [1.807, 2.05) is 42.5 Å². The molecule has 0 N–H and O–H groups in total. The molecular weight excluding hydrogens is 531 g/mol. The Morgan fingerprint density at radius 3 is 2.04 bits per heavy atom. The predicted octanol–water partition coefficient (Wildman–Crippen LogP) is 8.53. The van der Waals surface area contributed by atoms with Gasteiger partial charge in [-0.3, -0.25) is 4.79 Å². The average Bonchev–Trinajstić information content (AvgIpc) is 2.65. The molecule has 0 atom stereocenters. The predicted molar refractivity (Wildman–Crippen MR) is 123 cm³/mol. The first-order valence-electron chi connectivity index (χ1n) is 7.83. The lowest BCUT2D eigenvalue weighted by molar-refractivity contribution is 0.104.